The summed E-state index contributed by atoms with van der Waals surface area (Å²) in [6.45, 7) is 0.609. The van der Waals surface area contributed by atoms with Crippen LogP contribution in [0.25, 0.3) is 0 Å². The second-order valence-corrected chi connectivity index (χ2v) is 9.58. The lowest BCUT2D eigenvalue weighted by Crippen LogP contribution is -2.50. The van der Waals surface area contributed by atoms with Crippen LogP contribution in [0.15, 0.2) is 47.4 Å². The molecule has 0 amide bonds. The molecule has 1 fully saturated rings. The highest BCUT2D eigenvalue weighted by molar-refractivity contribution is 7.89. The SMILES string of the molecule is O=S(=O)(c1ccc(Cl)c(C(F)(F)F)c1)N1CCN(C[C@H](O)COc2ccccc2F)CC1. The number of rotatable bonds is 7. The van der Waals surface area contributed by atoms with Gasteiger partial charge >= 0.3 is 6.18 Å². The van der Waals surface area contributed by atoms with Crippen LogP contribution in [0.4, 0.5) is 17.6 Å². The van der Waals surface area contributed by atoms with E-state index >= 15 is 0 Å². The van der Waals surface area contributed by atoms with Gasteiger partial charge in [-0.3, -0.25) is 4.90 Å². The Morgan fingerprint density at radius 2 is 1.75 bits per heavy atom. The van der Waals surface area contributed by atoms with E-state index in [2.05, 4.69) is 0 Å². The van der Waals surface area contributed by atoms with E-state index in [0.29, 0.717) is 6.07 Å². The highest BCUT2D eigenvalue weighted by Crippen LogP contribution is 2.36. The van der Waals surface area contributed by atoms with Crippen LogP contribution in [-0.2, 0) is 16.2 Å². The number of ether oxygens (including phenoxy) is 1. The molecule has 0 aliphatic carbocycles. The first-order valence-electron chi connectivity index (χ1n) is 9.63. The molecule has 0 unspecified atom stereocenters. The fourth-order valence-electron chi connectivity index (χ4n) is 3.28. The molecule has 1 heterocycles. The van der Waals surface area contributed by atoms with Gasteiger partial charge in [0.15, 0.2) is 11.6 Å². The summed E-state index contributed by atoms with van der Waals surface area (Å²) >= 11 is 5.57. The number of hydrogen-bond acceptors (Lipinski definition) is 5. The molecule has 0 aromatic heterocycles. The van der Waals surface area contributed by atoms with E-state index in [9.17, 15) is 31.1 Å². The second kappa shape index (κ2) is 9.92. The van der Waals surface area contributed by atoms with Crippen molar-refractivity contribution in [3.63, 3.8) is 0 Å². The first-order valence-corrected chi connectivity index (χ1v) is 11.4. The first kappa shape index (κ1) is 24.7. The van der Waals surface area contributed by atoms with E-state index in [0.717, 1.165) is 16.4 Å². The lowest BCUT2D eigenvalue weighted by atomic mass is 10.2. The summed E-state index contributed by atoms with van der Waals surface area (Å²) in [6.07, 6.45) is -5.72. The Morgan fingerprint density at radius 3 is 2.38 bits per heavy atom. The molecule has 12 heteroatoms. The monoisotopic (exact) mass is 496 g/mol. The van der Waals surface area contributed by atoms with Crippen molar-refractivity contribution in [3.05, 3.63) is 58.9 Å². The van der Waals surface area contributed by atoms with Crippen molar-refractivity contribution in [2.45, 2.75) is 17.2 Å². The minimum atomic E-state index is -4.78. The van der Waals surface area contributed by atoms with Crippen molar-refractivity contribution >= 4 is 21.6 Å². The number of halogens is 5. The molecule has 0 bridgehead atoms. The Balaban J connectivity index is 1.56. The quantitative estimate of drug-likeness (QED) is 0.596. The summed E-state index contributed by atoms with van der Waals surface area (Å²) in [6, 6.07) is 8.28. The number of aliphatic hydroxyl groups is 1. The van der Waals surface area contributed by atoms with E-state index in [1.807, 2.05) is 0 Å². The largest absolute Gasteiger partial charge is 0.488 e. The maximum atomic E-state index is 13.6. The number of hydrogen-bond donors (Lipinski definition) is 1. The van der Waals surface area contributed by atoms with Crippen LogP contribution < -0.4 is 4.74 Å². The van der Waals surface area contributed by atoms with Gasteiger partial charge in [-0.05, 0) is 30.3 Å². The molecule has 0 saturated carbocycles. The van der Waals surface area contributed by atoms with Crippen molar-refractivity contribution in [1.29, 1.82) is 0 Å². The Bertz CT molecular complexity index is 1040. The molecule has 0 spiro atoms. The predicted octanol–water partition coefficient (Wildman–Crippen LogP) is 3.24. The summed E-state index contributed by atoms with van der Waals surface area (Å²) in [5.41, 5.74) is -1.21. The molecule has 176 valence electrons. The lowest BCUT2D eigenvalue weighted by molar-refractivity contribution is -0.137. The lowest BCUT2D eigenvalue weighted by Gasteiger charge is -2.35. The fourth-order valence-corrected chi connectivity index (χ4v) is 4.96. The van der Waals surface area contributed by atoms with Crippen molar-refractivity contribution in [3.8, 4) is 5.75 Å². The predicted molar refractivity (Wildman–Crippen MR) is 110 cm³/mol. The number of β-amino-alcohol motifs (C(OH)–C–C–N with tert-alkyl or cyclic N) is 1. The van der Waals surface area contributed by atoms with Gasteiger partial charge in [-0.15, -0.1) is 0 Å². The standard InChI is InChI=1S/C20H21ClF4N2O4S/c21-17-6-5-15(11-16(17)20(23,24)25)32(29,30)27-9-7-26(8-10-27)12-14(28)13-31-19-4-2-1-3-18(19)22/h1-6,11,14,28H,7-10,12-13H2/t14-/m0/s1. The molecule has 1 atom stereocenters. The summed E-state index contributed by atoms with van der Waals surface area (Å²) in [7, 11) is -4.15. The van der Waals surface area contributed by atoms with Gasteiger partial charge in [-0.2, -0.15) is 17.5 Å². The molecule has 2 aromatic carbocycles. The zero-order valence-electron chi connectivity index (χ0n) is 16.7. The minimum absolute atomic E-state index is 0.0173. The maximum absolute atomic E-state index is 13.6. The van der Waals surface area contributed by atoms with Crippen molar-refractivity contribution in [1.82, 2.24) is 9.21 Å². The zero-order valence-corrected chi connectivity index (χ0v) is 18.3. The third-order valence-electron chi connectivity index (χ3n) is 4.95. The number of sulfonamides is 1. The maximum Gasteiger partial charge on any atom is 0.417 e. The van der Waals surface area contributed by atoms with Crippen LogP contribution in [0.2, 0.25) is 5.02 Å². The van der Waals surface area contributed by atoms with Crippen LogP contribution in [0.3, 0.4) is 0 Å². The molecule has 32 heavy (non-hydrogen) atoms. The molecular weight excluding hydrogens is 476 g/mol. The van der Waals surface area contributed by atoms with Gasteiger partial charge in [0.2, 0.25) is 10.0 Å². The van der Waals surface area contributed by atoms with Crippen molar-refractivity contribution in [2.24, 2.45) is 0 Å². The molecule has 3 rings (SSSR count). The Labute approximate surface area is 188 Å². The first-order chi connectivity index (χ1) is 15.0. The Morgan fingerprint density at radius 1 is 1.09 bits per heavy atom. The van der Waals surface area contributed by atoms with Crippen LogP contribution >= 0.6 is 11.6 Å². The smallest absolute Gasteiger partial charge is 0.417 e. The van der Waals surface area contributed by atoms with Gasteiger partial charge < -0.3 is 9.84 Å². The number of benzene rings is 2. The van der Waals surface area contributed by atoms with Gasteiger partial charge in [-0.1, -0.05) is 23.7 Å². The van der Waals surface area contributed by atoms with Gasteiger partial charge in [0.05, 0.1) is 15.5 Å². The second-order valence-electron chi connectivity index (χ2n) is 7.24. The average molecular weight is 497 g/mol. The van der Waals surface area contributed by atoms with Crippen molar-refractivity contribution < 1.29 is 35.8 Å². The number of piperazine rings is 1. The molecular formula is C20H21ClF4N2O4S. The van der Waals surface area contributed by atoms with E-state index < -0.39 is 43.6 Å². The van der Waals surface area contributed by atoms with Gasteiger partial charge in [0.1, 0.15) is 12.7 Å². The number of nitrogens with zero attached hydrogens (tertiary/aromatic N) is 2. The summed E-state index contributed by atoms with van der Waals surface area (Å²) < 4.78 is 84.7. The summed E-state index contributed by atoms with van der Waals surface area (Å²) in [5, 5.41) is 9.57. The number of aliphatic hydroxyl groups excluding tert-OH is 1. The summed E-state index contributed by atoms with van der Waals surface area (Å²) in [5.74, 6) is -0.530. The van der Waals surface area contributed by atoms with Crippen LogP contribution in [0.1, 0.15) is 5.56 Å². The highest BCUT2D eigenvalue weighted by atomic mass is 35.5. The molecule has 1 saturated heterocycles. The number of para-hydroxylation sites is 1. The van der Waals surface area contributed by atoms with Gasteiger partial charge in [0, 0.05) is 32.7 Å². The molecule has 1 aliphatic heterocycles. The van der Waals surface area contributed by atoms with Gasteiger partial charge in [0.25, 0.3) is 0 Å². The van der Waals surface area contributed by atoms with Crippen LogP contribution in [0, 0.1) is 5.82 Å². The third kappa shape index (κ3) is 5.90. The molecule has 2 aromatic rings. The van der Waals surface area contributed by atoms with Gasteiger partial charge in [-0.25, -0.2) is 12.8 Å². The topological polar surface area (TPSA) is 70.1 Å². The molecule has 1 N–H and O–H groups in total. The minimum Gasteiger partial charge on any atom is -0.488 e. The van der Waals surface area contributed by atoms with E-state index in [1.54, 1.807) is 11.0 Å². The molecule has 1 aliphatic rings. The van der Waals surface area contributed by atoms with E-state index in [1.165, 1.54) is 18.2 Å². The average Bonchev–Trinajstić information content (AvgIpc) is 2.73. The number of alkyl halides is 3. The van der Waals surface area contributed by atoms with Crippen molar-refractivity contribution in [2.75, 3.05) is 39.3 Å². The van der Waals surface area contributed by atoms with E-state index in [4.69, 9.17) is 16.3 Å². The molecule has 6 nitrogen and oxygen atoms in total. The summed E-state index contributed by atoms with van der Waals surface area (Å²) in [4.78, 5) is 1.31. The van der Waals surface area contributed by atoms with E-state index in [-0.39, 0.29) is 45.1 Å². The molecule has 0 radical (unpaired) electrons. The zero-order chi connectivity index (χ0) is 23.5. The third-order valence-corrected chi connectivity index (χ3v) is 7.17. The Kier molecular flexibility index (Phi) is 7.66. The van der Waals surface area contributed by atoms with Crippen LogP contribution in [0.5, 0.6) is 5.75 Å². The highest BCUT2D eigenvalue weighted by Gasteiger charge is 2.36. The normalized spacial score (nSPS) is 17.3. The fraction of sp³-hybridized carbons (Fsp3) is 0.400. The van der Waals surface area contributed by atoms with Crippen LogP contribution in [-0.4, -0.2) is 68.2 Å². The Hall–Kier alpha value is -1.92.